The van der Waals surface area contributed by atoms with Crippen molar-refractivity contribution in [3.05, 3.63) is 45.3 Å². The highest BCUT2D eigenvalue weighted by Crippen LogP contribution is 2.23. The number of H-pyrrole nitrogens is 1. The Hall–Kier alpha value is -2.38. The Morgan fingerprint density at radius 3 is 2.17 bits per heavy atom. The van der Waals surface area contributed by atoms with E-state index >= 15 is 0 Å². The summed E-state index contributed by atoms with van der Waals surface area (Å²) >= 11 is 0. The fraction of sp³-hybridized carbons (Fsp3) is 0. The number of carbonyl (C=O) groups is 1. The van der Waals surface area contributed by atoms with Gasteiger partial charge in [0.15, 0.2) is 28.7 Å². The molecule has 18 heavy (non-hydrogen) atoms. The summed E-state index contributed by atoms with van der Waals surface area (Å²) in [5, 5.41) is 7.53. The zero-order valence-corrected chi connectivity index (χ0v) is 8.35. The molecule has 1 aromatic heterocycles. The zero-order chi connectivity index (χ0) is 13.6. The number of aromatic nitrogens is 1. The lowest BCUT2D eigenvalue weighted by molar-refractivity contribution is 0.0690. The number of aromatic carboxylic acids is 1. The molecule has 1 aromatic carbocycles. The first-order valence-corrected chi connectivity index (χ1v) is 4.47. The van der Waals surface area contributed by atoms with Gasteiger partial charge in [0.2, 0.25) is 0 Å². The van der Waals surface area contributed by atoms with E-state index in [1.54, 1.807) is 0 Å². The number of fused-ring (bicyclic) bond motifs is 1. The van der Waals surface area contributed by atoms with Gasteiger partial charge in [-0.3, -0.25) is 4.79 Å². The lowest BCUT2D eigenvalue weighted by Crippen LogP contribution is -2.14. The van der Waals surface area contributed by atoms with Crippen molar-refractivity contribution in [3.63, 3.8) is 0 Å². The van der Waals surface area contributed by atoms with Gasteiger partial charge in [-0.25, -0.2) is 22.4 Å². The Kier molecular flexibility index (Phi) is 2.57. The number of carboxylic acid groups (broad SMARTS) is 1. The van der Waals surface area contributed by atoms with E-state index < -0.39 is 51.3 Å². The van der Waals surface area contributed by atoms with Crippen LogP contribution in [0.3, 0.4) is 0 Å². The standard InChI is InChI=1S/C10H3F4NO3/c11-5-4-3(16)1-2(10(17)18)15-9(4)8(14)7(13)6(5)12/h1H,(H,15,16)(H,17,18). The zero-order valence-electron chi connectivity index (χ0n) is 8.35. The molecular weight excluding hydrogens is 258 g/mol. The molecule has 8 heteroatoms. The lowest BCUT2D eigenvalue weighted by atomic mass is 10.1. The van der Waals surface area contributed by atoms with E-state index in [0.29, 0.717) is 6.07 Å². The first-order valence-electron chi connectivity index (χ1n) is 4.47. The number of hydrogen-bond acceptors (Lipinski definition) is 2. The van der Waals surface area contributed by atoms with E-state index in [1.165, 1.54) is 0 Å². The van der Waals surface area contributed by atoms with Crippen LogP contribution in [-0.4, -0.2) is 16.1 Å². The average Bonchev–Trinajstić information content (AvgIpc) is 2.32. The highest BCUT2D eigenvalue weighted by atomic mass is 19.2. The Morgan fingerprint density at radius 1 is 1.06 bits per heavy atom. The molecule has 0 saturated carbocycles. The first-order chi connectivity index (χ1) is 8.34. The van der Waals surface area contributed by atoms with E-state index in [0.717, 1.165) is 0 Å². The molecule has 0 atom stereocenters. The summed E-state index contributed by atoms with van der Waals surface area (Å²) in [6.07, 6.45) is 0. The summed E-state index contributed by atoms with van der Waals surface area (Å²) in [6.45, 7) is 0. The van der Waals surface area contributed by atoms with E-state index in [4.69, 9.17) is 5.11 Å². The van der Waals surface area contributed by atoms with Gasteiger partial charge in [0.1, 0.15) is 5.69 Å². The van der Waals surface area contributed by atoms with Crippen molar-refractivity contribution in [2.24, 2.45) is 0 Å². The molecule has 0 bridgehead atoms. The van der Waals surface area contributed by atoms with Crippen molar-refractivity contribution in [3.8, 4) is 0 Å². The number of aromatic amines is 1. The third-order valence-electron chi connectivity index (χ3n) is 2.28. The average molecular weight is 261 g/mol. The molecule has 4 nitrogen and oxygen atoms in total. The van der Waals surface area contributed by atoms with Gasteiger partial charge >= 0.3 is 5.97 Å². The molecule has 0 amide bonds. The Bertz CT molecular complexity index is 738. The van der Waals surface area contributed by atoms with Crippen molar-refractivity contribution >= 4 is 16.9 Å². The Morgan fingerprint density at radius 2 is 1.61 bits per heavy atom. The SMILES string of the molecule is O=C(O)c1cc(=O)c2c(F)c(F)c(F)c(F)c2[nH]1. The van der Waals surface area contributed by atoms with Crippen LogP contribution in [0.1, 0.15) is 10.5 Å². The smallest absolute Gasteiger partial charge is 0.352 e. The molecule has 2 rings (SSSR count). The van der Waals surface area contributed by atoms with Crippen LogP contribution in [0.5, 0.6) is 0 Å². The normalized spacial score (nSPS) is 10.9. The summed E-state index contributed by atoms with van der Waals surface area (Å²) in [5.74, 6) is -9.61. The van der Waals surface area contributed by atoms with Crippen LogP contribution in [0.2, 0.25) is 0 Å². The predicted octanol–water partition coefficient (Wildman–Crippen LogP) is 1.78. The summed E-state index contributed by atoms with van der Waals surface area (Å²) in [4.78, 5) is 23.8. The number of rotatable bonds is 1. The van der Waals surface area contributed by atoms with Gasteiger partial charge < -0.3 is 10.1 Å². The van der Waals surface area contributed by atoms with Crippen LogP contribution in [0.4, 0.5) is 17.6 Å². The second-order valence-electron chi connectivity index (χ2n) is 3.36. The predicted molar refractivity (Wildman–Crippen MR) is 51.4 cm³/mol. The third kappa shape index (κ3) is 1.53. The number of benzene rings is 1. The summed E-state index contributed by atoms with van der Waals surface area (Å²) in [6, 6.07) is 0.449. The van der Waals surface area contributed by atoms with Gasteiger partial charge in [-0.05, 0) is 0 Å². The number of hydrogen-bond donors (Lipinski definition) is 2. The fourth-order valence-corrected chi connectivity index (χ4v) is 1.47. The van der Waals surface area contributed by atoms with Crippen LogP contribution < -0.4 is 5.43 Å². The van der Waals surface area contributed by atoms with E-state index in [-0.39, 0.29) is 0 Å². The van der Waals surface area contributed by atoms with Crippen molar-refractivity contribution in [2.75, 3.05) is 0 Å². The van der Waals surface area contributed by atoms with Crippen molar-refractivity contribution in [2.45, 2.75) is 0 Å². The molecule has 0 unspecified atom stereocenters. The molecule has 0 aliphatic rings. The maximum Gasteiger partial charge on any atom is 0.352 e. The van der Waals surface area contributed by atoms with E-state index in [2.05, 4.69) is 0 Å². The molecule has 2 aromatic rings. The van der Waals surface area contributed by atoms with E-state index in [9.17, 15) is 27.2 Å². The number of pyridine rings is 1. The van der Waals surface area contributed by atoms with Gasteiger partial charge in [0, 0.05) is 6.07 Å². The minimum atomic E-state index is -2.13. The van der Waals surface area contributed by atoms with Crippen molar-refractivity contribution < 1.29 is 27.5 Å². The molecule has 0 aliphatic heterocycles. The summed E-state index contributed by atoms with van der Waals surface area (Å²) in [7, 11) is 0. The highest BCUT2D eigenvalue weighted by Gasteiger charge is 2.23. The second kappa shape index (κ2) is 3.83. The third-order valence-corrected chi connectivity index (χ3v) is 2.28. The minimum Gasteiger partial charge on any atom is -0.477 e. The van der Waals surface area contributed by atoms with Gasteiger partial charge in [0.05, 0.1) is 10.9 Å². The molecule has 94 valence electrons. The van der Waals surface area contributed by atoms with Gasteiger partial charge in [0.25, 0.3) is 0 Å². The van der Waals surface area contributed by atoms with Crippen molar-refractivity contribution in [1.29, 1.82) is 0 Å². The second-order valence-corrected chi connectivity index (χ2v) is 3.36. The number of carboxylic acids is 1. The van der Waals surface area contributed by atoms with Crippen molar-refractivity contribution in [1.82, 2.24) is 4.98 Å². The van der Waals surface area contributed by atoms with Crippen LogP contribution in [0.15, 0.2) is 10.9 Å². The van der Waals surface area contributed by atoms with Gasteiger partial charge in [-0.1, -0.05) is 0 Å². The van der Waals surface area contributed by atoms with Crippen LogP contribution in [-0.2, 0) is 0 Å². The molecule has 0 saturated heterocycles. The topological polar surface area (TPSA) is 70.2 Å². The molecule has 0 fully saturated rings. The monoisotopic (exact) mass is 261 g/mol. The number of halogens is 4. The fourth-order valence-electron chi connectivity index (χ4n) is 1.47. The van der Waals surface area contributed by atoms with E-state index in [1.807, 2.05) is 4.98 Å². The molecule has 0 radical (unpaired) electrons. The minimum absolute atomic E-state index is 0.449. The maximum absolute atomic E-state index is 13.3. The quantitative estimate of drug-likeness (QED) is 0.467. The highest BCUT2D eigenvalue weighted by molar-refractivity contribution is 5.90. The lowest BCUT2D eigenvalue weighted by Gasteiger charge is -2.05. The molecule has 0 spiro atoms. The first kappa shape index (κ1) is 12.1. The Labute approximate surface area is 95.5 Å². The Balaban J connectivity index is 3.07. The summed E-state index contributed by atoms with van der Waals surface area (Å²) in [5.41, 5.74) is -3.07. The van der Waals surface area contributed by atoms with Crippen LogP contribution in [0.25, 0.3) is 10.9 Å². The molecular formula is C10H3F4NO3. The van der Waals surface area contributed by atoms with Gasteiger partial charge in [-0.2, -0.15) is 0 Å². The van der Waals surface area contributed by atoms with Crippen LogP contribution >= 0.6 is 0 Å². The van der Waals surface area contributed by atoms with Gasteiger partial charge in [-0.15, -0.1) is 0 Å². The van der Waals surface area contributed by atoms with Crippen LogP contribution in [0, 0.1) is 23.3 Å². The maximum atomic E-state index is 13.3. The largest absolute Gasteiger partial charge is 0.477 e. The molecule has 2 N–H and O–H groups in total. The molecule has 1 heterocycles. The molecule has 0 aliphatic carbocycles. The summed E-state index contributed by atoms with van der Waals surface area (Å²) < 4.78 is 52.4. The number of nitrogens with one attached hydrogen (secondary N) is 1.